The van der Waals surface area contributed by atoms with Crippen LogP contribution in [0.1, 0.15) is 15.9 Å². The van der Waals surface area contributed by atoms with Crippen molar-refractivity contribution in [1.29, 1.82) is 0 Å². The second-order valence-electron chi connectivity index (χ2n) is 5.75. The summed E-state index contributed by atoms with van der Waals surface area (Å²) in [6, 6.07) is 11.5. The number of anilines is 1. The van der Waals surface area contributed by atoms with Gasteiger partial charge >= 0.3 is 5.97 Å². The highest BCUT2D eigenvalue weighted by atomic mass is 35.5. The van der Waals surface area contributed by atoms with E-state index in [1.54, 1.807) is 36.4 Å². The minimum absolute atomic E-state index is 0.194. The maximum Gasteiger partial charge on any atom is 0.337 e. The average Bonchev–Trinajstić information content (AvgIpc) is 2.59. The number of methoxy groups -OCH3 is 1. The van der Waals surface area contributed by atoms with E-state index in [1.807, 2.05) is 11.9 Å². The summed E-state index contributed by atoms with van der Waals surface area (Å²) in [5.74, 6) is -0.430. The maximum absolute atomic E-state index is 12.9. The summed E-state index contributed by atoms with van der Waals surface area (Å²) in [5.41, 5.74) is 1.82. The Hall–Kier alpha value is -2.09. The Morgan fingerprint density at radius 1 is 1.20 bits per heavy atom. The molecule has 2 aromatic carbocycles. The molecule has 1 aliphatic heterocycles. The van der Waals surface area contributed by atoms with Gasteiger partial charge in [-0.2, -0.15) is 4.31 Å². The highest BCUT2D eigenvalue weighted by Crippen LogP contribution is 2.34. The molecule has 132 valence electrons. The lowest BCUT2D eigenvalue weighted by Gasteiger charge is -2.35. The number of fused-ring (bicyclic) bond motifs is 1. The molecule has 25 heavy (non-hydrogen) atoms. The Labute approximate surface area is 151 Å². The number of ether oxygens (including phenoxy) is 1. The van der Waals surface area contributed by atoms with E-state index >= 15 is 0 Å². The number of halogens is 1. The summed E-state index contributed by atoms with van der Waals surface area (Å²) >= 11 is 5.98. The van der Waals surface area contributed by atoms with E-state index in [1.165, 1.54) is 17.5 Å². The number of hydrogen-bond donors (Lipinski definition) is 0. The Morgan fingerprint density at radius 2 is 1.88 bits per heavy atom. The van der Waals surface area contributed by atoms with E-state index in [0.717, 1.165) is 5.56 Å². The van der Waals surface area contributed by atoms with Crippen LogP contribution in [0.3, 0.4) is 0 Å². The first-order valence-corrected chi connectivity index (χ1v) is 9.33. The van der Waals surface area contributed by atoms with Gasteiger partial charge < -0.3 is 9.64 Å². The second-order valence-corrected chi connectivity index (χ2v) is 8.10. The molecule has 1 aliphatic rings. The highest BCUT2D eigenvalue weighted by Gasteiger charge is 2.34. The molecular formula is C17H17ClN2O4S. The topological polar surface area (TPSA) is 66.9 Å². The zero-order chi connectivity index (χ0) is 18.2. The molecular weight excluding hydrogens is 364 g/mol. The fraction of sp³-hybridized carbons (Fsp3) is 0.235. The number of sulfonamides is 1. The van der Waals surface area contributed by atoms with Gasteiger partial charge in [0.05, 0.1) is 25.0 Å². The number of carbonyl (C=O) groups is 1. The first-order chi connectivity index (χ1) is 11.8. The molecule has 0 unspecified atom stereocenters. The fourth-order valence-corrected chi connectivity index (χ4v) is 4.66. The molecule has 0 aliphatic carbocycles. The van der Waals surface area contributed by atoms with Crippen LogP contribution in [0.15, 0.2) is 47.4 Å². The van der Waals surface area contributed by atoms with Crippen molar-refractivity contribution in [2.24, 2.45) is 0 Å². The van der Waals surface area contributed by atoms with Gasteiger partial charge in [-0.15, -0.1) is 0 Å². The van der Waals surface area contributed by atoms with E-state index < -0.39 is 16.0 Å². The van der Waals surface area contributed by atoms with Crippen molar-refractivity contribution in [2.75, 3.05) is 25.7 Å². The van der Waals surface area contributed by atoms with Crippen LogP contribution < -0.4 is 4.90 Å². The van der Waals surface area contributed by atoms with Gasteiger partial charge in [0.1, 0.15) is 4.90 Å². The van der Waals surface area contributed by atoms with Crippen molar-refractivity contribution in [2.45, 2.75) is 11.4 Å². The SMILES string of the molecule is COC(=O)c1ccc(CN2CN(C)c3ccc(Cl)cc3S2(=O)=O)cc1. The predicted octanol–water partition coefficient (Wildman–Crippen LogP) is 2.72. The van der Waals surface area contributed by atoms with E-state index in [9.17, 15) is 13.2 Å². The van der Waals surface area contributed by atoms with Crippen LogP contribution in [-0.4, -0.2) is 39.5 Å². The molecule has 2 aromatic rings. The molecule has 0 saturated carbocycles. The van der Waals surface area contributed by atoms with Crippen molar-refractivity contribution >= 4 is 33.3 Å². The highest BCUT2D eigenvalue weighted by molar-refractivity contribution is 7.89. The standard InChI is InChI=1S/C17H17ClN2O4S/c1-19-11-20(10-12-3-5-13(6-4-12)17(21)24-2)25(22,23)16-9-14(18)7-8-15(16)19/h3-9H,10-11H2,1-2H3. The van der Waals surface area contributed by atoms with Crippen molar-refractivity contribution in [3.63, 3.8) is 0 Å². The van der Waals surface area contributed by atoms with Gasteiger partial charge in [0, 0.05) is 18.6 Å². The number of nitrogens with zero attached hydrogens (tertiary/aromatic N) is 2. The summed E-state index contributed by atoms with van der Waals surface area (Å²) in [7, 11) is -0.509. The summed E-state index contributed by atoms with van der Waals surface area (Å²) < 4.78 is 31.8. The van der Waals surface area contributed by atoms with Gasteiger partial charge in [-0.25, -0.2) is 13.2 Å². The number of rotatable bonds is 3. The molecule has 0 bridgehead atoms. The maximum atomic E-state index is 12.9. The van der Waals surface area contributed by atoms with Crippen LogP contribution in [0.4, 0.5) is 5.69 Å². The number of hydrogen-bond acceptors (Lipinski definition) is 5. The van der Waals surface area contributed by atoms with Gasteiger partial charge in [0.25, 0.3) is 0 Å². The van der Waals surface area contributed by atoms with Crippen molar-refractivity contribution in [1.82, 2.24) is 4.31 Å². The molecule has 0 N–H and O–H groups in total. The van der Waals surface area contributed by atoms with Crippen molar-refractivity contribution < 1.29 is 17.9 Å². The summed E-state index contributed by atoms with van der Waals surface area (Å²) in [5, 5.41) is 0.375. The Morgan fingerprint density at radius 3 is 2.52 bits per heavy atom. The molecule has 0 fully saturated rings. The van der Waals surface area contributed by atoms with E-state index in [4.69, 9.17) is 11.6 Å². The van der Waals surface area contributed by atoms with Gasteiger partial charge in [-0.1, -0.05) is 23.7 Å². The zero-order valence-electron chi connectivity index (χ0n) is 13.8. The third kappa shape index (κ3) is 3.35. The van der Waals surface area contributed by atoms with Crippen LogP contribution in [0, 0.1) is 0 Å². The quantitative estimate of drug-likeness (QED) is 0.766. The van der Waals surface area contributed by atoms with Crippen LogP contribution in [0.2, 0.25) is 5.02 Å². The Kier molecular flexibility index (Phi) is 4.73. The van der Waals surface area contributed by atoms with Gasteiger partial charge in [0.15, 0.2) is 0 Å². The number of benzene rings is 2. The molecule has 0 atom stereocenters. The largest absolute Gasteiger partial charge is 0.465 e. The van der Waals surface area contributed by atoms with E-state index in [2.05, 4.69) is 4.74 Å². The normalized spacial score (nSPS) is 16.4. The molecule has 8 heteroatoms. The summed E-state index contributed by atoms with van der Waals surface area (Å²) in [6.07, 6.45) is 0. The predicted molar refractivity (Wildman–Crippen MR) is 95.2 cm³/mol. The molecule has 6 nitrogen and oxygen atoms in total. The van der Waals surface area contributed by atoms with Gasteiger partial charge in [-0.05, 0) is 35.9 Å². The lowest BCUT2D eigenvalue weighted by atomic mass is 10.1. The third-order valence-electron chi connectivity index (χ3n) is 4.05. The van der Waals surface area contributed by atoms with Gasteiger partial charge in [-0.3, -0.25) is 0 Å². The summed E-state index contributed by atoms with van der Waals surface area (Å²) in [4.78, 5) is 13.5. The molecule has 0 radical (unpaired) electrons. The van der Waals surface area contributed by atoms with Crippen LogP contribution in [0.25, 0.3) is 0 Å². The van der Waals surface area contributed by atoms with Crippen molar-refractivity contribution in [3.05, 3.63) is 58.6 Å². The van der Waals surface area contributed by atoms with Gasteiger partial charge in [0.2, 0.25) is 10.0 Å². The Bertz CT molecular complexity index is 913. The molecule has 0 spiro atoms. The minimum atomic E-state index is -3.65. The lowest BCUT2D eigenvalue weighted by Crippen LogP contribution is -2.44. The summed E-state index contributed by atoms with van der Waals surface area (Å²) in [6.45, 7) is 0.426. The van der Waals surface area contributed by atoms with Crippen molar-refractivity contribution in [3.8, 4) is 0 Å². The molecule has 0 aromatic heterocycles. The smallest absolute Gasteiger partial charge is 0.337 e. The number of carbonyl (C=O) groups excluding carboxylic acids is 1. The van der Waals surface area contributed by atoms with Crippen LogP contribution >= 0.6 is 11.6 Å². The first-order valence-electron chi connectivity index (χ1n) is 7.51. The third-order valence-corrected chi connectivity index (χ3v) is 6.10. The minimum Gasteiger partial charge on any atom is -0.465 e. The first kappa shape index (κ1) is 17.7. The monoisotopic (exact) mass is 380 g/mol. The molecule has 0 amide bonds. The van der Waals surface area contributed by atoms with E-state index in [0.29, 0.717) is 16.3 Å². The number of esters is 1. The lowest BCUT2D eigenvalue weighted by molar-refractivity contribution is 0.0600. The Balaban J connectivity index is 1.90. The van der Waals surface area contributed by atoms with E-state index in [-0.39, 0.29) is 18.1 Å². The average molecular weight is 381 g/mol. The second kappa shape index (κ2) is 6.67. The molecule has 3 rings (SSSR count). The van der Waals surface area contributed by atoms with Crippen LogP contribution in [-0.2, 0) is 21.3 Å². The molecule has 0 saturated heterocycles. The zero-order valence-corrected chi connectivity index (χ0v) is 15.3. The molecule has 1 heterocycles. The fourth-order valence-electron chi connectivity index (χ4n) is 2.74. The van der Waals surface area contributed by atoms with Crippen LogP contribution in [0.5, 0.6) is 0 Å².